The van der Waals surface area contributed by atoms with Crippen LogP contribution in [0.15, 0.2) is 0 Å². The number of hydrogen-bond donors (Lipinski definition) is 2. The molecular weight excluding hydrogens is 346 g/mol. The lowest BCUT2D eigenvalue weighted by molar-refractivity contribution is -0.0796. The van der Waals surface area contributed by atoms with Gasteiger partial charge in [-0.1, -0.05) is 6.42 Å². The van der Waals surface area contributed by atoms with Crippen molar-refractivity contribution in [1.82, 2.24) is 15.1 Å². The molecule has 0 saturated heterocycles. The Kier molecular flexibility index (Phi) is 4.81. The van der Waals surface area contributed by atoms with Gasteiger partial charge in [-0.05, 0) is 44.9 Å². The molecule has 2 N–H and O–H groups in total. The summed E-state index contributed by atoms with van der Waals surface area (Å²) in [6, 6.07) is 0. The van der Waals surface area contributed by atoms with E-state index < -0.39 is 5.54 Å². The topological polar surface area (TPSA) is 85.6 Å². The largest absolute Gasteiger partial charge is 0.394 e. The van der Waals surface area contributed by atoms with E-state index in [1.165, 1.54) is 19.3 Å². The molecule has 1 aliphatic heterocycles. The Hall–Kier alpha value is -1.44. The minimum absolute atomic E-state index is 0.0109. The zero-order chi connectivity index (χ0) is 19.2. The first-order chi connectivity index (χ1) is 12.9. The molecule has 1 aromatic heterocycles. The summed E-state index contributed by atoms with van der Waals surface area (Å²) in [7, 11) is 1.66. The van der Waals surface area contributed by atoms with Crippen molar-refractivity contribution in [2.24, 2.45) is 5.41 Å². The van der Waals surface area contributed by atoms with Gasteiger partial charge in [-0.2, -0.15) is 5.10 Å². The van der Waals surface area contributed by atoms with Crippen LogP contribution in [0.3, 0.4) is 0 Å². The van der Waals surface area contributed by atoms with Crippen LogP contribution in [0.1, 0.15) is 73.8 Å². The van der Waals surface area contributed by atoms with Crippen LogP contribution in [0.5, 0.6) is 0 Å². The Bertz CT molecular complexity index is 717. The predicted molar refractivity (Wildman–Crippen MR) is 99.6 cm³/mol. The number of fused-ring (bicyclic) bond motifs is 1. The molecular formula is C20H31N3O4. The third-order valence-electron chi connectivity index (χ3n) is 6.65. The van der Waals surface area contributed by atoms with Crippen molar-refractivity contribution in [1.29, 1.82) is 0 Å². The molecule has 27 heavy (non-hydrogen) atoms. The van der Waals surface area contributed by atoms with E-state index in [4.69, 9.17) is 9.47 Å². The highest BCUT2D eigenvalue weighted by molar-refractivity contribution is 5.94. The Morgan fingerprint density at radius 2 is 2.15 bits per heavy atom. The molecule has 4 rings (SSSR count). The number of aliphatic hydroxyl groups excluding tert-OH is 1. The highest BCUT2D eigenvalue weighted by Crippen LogP contribution is 2.60. The maximum absolute atomic E-state index is 13.1. The lowest BCUT2D eigenvalue weighted by atomic mass is 9.48. The minimum Gasteiger partial charge on any atom is -0.394 e. The van der Waals surface area contributed by atoms with Gasteiger partial charge in [0.25, 0.3) is 5.91 Å². The van der Waals surface area contributed by atoms with Gasteiger partial charge in [0.1, 0.15) is 0 Å². The van der Waals surface area contributed by atoms with Crippen molar-refractivity contribution >= 4 is 5.91 Å². The van der Waals surface area contributed by atoms with Gasteiger partial charge in [0.2, 0.25) is 0 Å². The predicted octanol–water partition coefficient (Wildman–Crippen LogP) is 1.98. The summed E-state index contributed by atoms with van der Waals surface area (Å²) in [5.74, 6) is -0.174. The van der Waals surface area contributed by atoms with Crippen molar-refractivity contribution in [3.05, 3.63) is 17.0 Å². The normalized spacial score (nSPS) is 27.6. The van der Waals surface area contributed by atoms with Crippen LogP contribution in [-0.2, 0) is 22.4 Å². The molecule has 1 aromatic rings. The fourth-order valence-electron chi connectivity index (χ4n) is 5.40. The monoisotopic (exact) mass is 377 g/mol. The van der Waals surface area contributed by atoms with Gasteiger partial charge in [-0.3, -0.25) is 9.48 Å². The molecule has 2 aliphatic carbocycles. The standard InChI is InChI=1S/C20H31N3O4/c1-13-9-15-16(22-23(7-8-26-3)17(15)14(2)27-13)18(25)21-20(12-24)10-19(11-20)5-4-6-19/h13-14,24H,4-12H2,1-3H3,(H,21,25)/t13-,14+/m1/s1. The van der Waals surface area contributed by atoms with E-state index in [9.17, 15) is 9.90 Å². The summed E-state index contributed by atoms with van der Waals surface area (Å²) in [6.07, 6.45) is 6.08. The second kappa shape index (κ2) is 6.87. The quantitative estimate of drug-likeness (QED) is 0.792. The number of aromatic nitrogens is 2. The Morgan fingerprint density at radius 1 is 1.41 bits per heavy atom. The molecule has 7 heteroatoms. The summed E-state index contributed by atoms with van der Waals surface area (Å²) < 4.78 is 13.0. The molecule has 2 atom stereocenters. The fraction of sp³-hybridized carbons (Fsp3) is 0.800. The molecule has 3 aliphatic rings. The fourth-order valence-corrected chi connectivity index (χ4v) is 5.40. The first kappa shape index (κ1) is 18.9. The molecule has 0 radical (unpaired) electrons. The molecule has 2 heterocycles. The molecule has 7 nitrogen and oxygen atoms in total. The van der Waals surface area contributed by atoms with Crippen molar-refractivity contribution in [3.63, 3.8) is 0 Å². The first-order valence-electron chi connectivity index (χ1n) is 10.1. The van der Waals surface area contributed by atoms with E-state index in [2.05, 4.69) is 10.4 Å². The SMILES string of the molecule is COCCn1nc(C(=O)NC2(CO)CC3(CCC3)C2)c2c1[C@H](C)O[C@H](C)C2. The highest BCUT2D eigenvalue weighted by atomic mass is 16.5. The number of aliphatic hydroxyl groups is 1. The second-order valence-electron chi connectivity index (χ2n) is 8.82. The molecule has 150 valence electrons. The lowest BCUT2D eigenvalue weighted by Gasteiger charge is -2.60. The van der Waals surface area contributed by atoms with E-state index >= 15 is 0 Å². The molecule has 2 saturated carbocycles. The van der Waals surface area contributed by atoms with Crippen molar-refractivity contribution in [2.45, 2.75) is 76.7 Å². The van der Waals surface area contributed by atoms with E-state index in [1.807, 2.05) is 18.5 Å². The average Bonchev–Trinajstić information content (AvgIpc) is 2.93. The van der Waals surface area contributed by atoms with Crippen LogP contribution in [0.4, 0.5) is 0 Å². The van der Waals surface area contributed by atoms with Gasteiger partial charge in [0.15, 0.2) is 5.69 Å². The van der Waals surface area contributed by atoms with E-state index in [0.717, 1.165) is 24.1 Å². The molecule has 0 unspecified atom stereocenters. The minimum atomic E-state index is -0.483. The maximum Gasteiger partial charge on any atom is 0.272 e. The molecule has 0 aromatic carbocycles. The van der Waals surface area contributed by atoms with Crippen molar-refractivity contribution in [3.8, 4) is 0 Å². The van der Waals surface area contributed by atoms with Crippen molar-refractivity contribution < 1.29 is 19.4 Å². The second-order valence-corrected chi connectivity index (χ2v) is 8.82. The number of methoxy groups -OCH3 is 1. The number of hydrogen-bond acceptors (Lipinski definition) is 5. The van der Waals surface area contributed by atoms with Gasteiger partial charge in [-0.25, -0.2) is 0 Å². The number of ether oxygens (including phenoxy) is 2. The third kappa shape index (κ3) is 3.19. The third-order valence-corrected chi connectivity index (χ3v) is 6.65. The summed E-state index contributed by atoms with van der Waals surface area (Å²) in [5.41, 5.74) is 2.30. The number of rotatable bonds is 6. The van der Waals surface area contributed by atoms with Gasteiger partial charge in [-0.15, -0.1) is 0 Å². The van der Waals surface area contributed by atoms with Crippen LogP contribution in [0, 0.1) is 5.41 Å². The summed E-state index contributed by atoms with van der Waals surface area (Å²) in [4.78, 5) is 13.1. The number of carbonyl (C=O) groups is 1. The van der Waals surface area contributed by atoms with Crippen LogP contribution < -0.4 is 5.32 Å². The number of carbonyl (C=O) groups excluding carboxylic acids is 1. The molecule has 1 amide bonds. The zero-order valence-corrected chi connectivity index (χ0v) is 16.6. The maximum atomic E-state index is 13.1. The van der Waals surface area contributed by atoms with E-state index in [-0.39, 0.29) is 24.7 Å². The van der Waals surface area contributed by atoms with E-state index in [1.54, 1.807) is 7.11 Å². The lowest BCUT2D eigenvalue weighted by Crippen LogP contribution is -2.66. The zero-order valence-electron chi connectivity index (χ0n) is 16.6. The summed E-state index contributed by atoms with van der Waals surface area (Å²) in [5, 5.41) is 17.7. The van der Waals surface area contributed by atoms with E-state index in [0.29, 0.717) is 30.7 Å². The van der Waals surface area contributed by atoms with Crippen molar-refractivity contribution in [2.75, 3.05) is 20.3 Å². The first-order valence-corrected chi connectivity index (χ1v) is 10.1. The number of amides is 1. The van der Waals surface area contributed by atoms with Crippen LogP contribution in [0.25, 0.3) is 0 Å². The summed E-state index contributed by atoms with van der Waals surface area (Å²) in [6.45, 7) is 5.13. The van der Waals surface area contributed by atoms with Crippen LogP contribution in [0.2, 0.25) is 0 Å². The van der Waals surface area contributed by atoms with Crippen LogP contribution >= 0.6 is 0 Å². The summed E-state index contributed by atoms with van der Waals surface area (Å²) >= 11 is 0. The van der Waals surface area contributed by atoms with Crippen LogP contribution in [-0.4, -0.2) is 52.8 Å². The Balaban J connectivity index is 1.58. The highest BCUT2D eigenvalue weighted by Gasteiger charge is 2.57. The van der Waals surface area contributed by atoms with Gasteiger partial charge < -0.3 is 19.9 Å². The number of nitrogens with one attached hydrogen (secondary N) is 1. The number of nitrogens with zero attached hydrogens (tertiary/aromatic N) is 2. The van der Waals surface area contributed by atoms with Gasteiger partial charge in [0, 0.05) is 19.1 Å². The van der Waals surface area contributed by atoms with Gasteiger partial charge >= 0.3 is 0 Å². The molecule has 2 fully saturated rings. The molecule has 0 bridgehead atoms. The molecule has 1 spiro atoms. The Morgan fingerprint density at radius 3 is 2.74 bits per heavy atom. The smallest absolute Gasteiger partial charge is 0.272 e. The van der Waals surface area contributed by atoms with Gasteiger partial charge in [0.05, 0.1) is 43.2 Å². The Labute approximate surface area is 160 Å². The average molecular weight is 377 g/mol.